The summed E-state index contributed by atoms with van der Waals surface area (Å²) in [5.41, 5.74) is 14.1. The number of rotatable bonds is 2. The number of H-pyrrole nitrogens is 1. The minimum Gasteiger partial charge on any atom is -0.325 e. The molecular formula is C22H18Cl2N4. The minimum atomic E-state index is -0.155. The topological polar surface area (TPSA) is 67.6 Å². The zero-order valence-corrected chi connectivity index (χ0v) is 16.8. The Hall–Kier alpha value is -2.40. The molecule has 28 heavy (non-hydrogen) atoms. The van der Waals surface area contributed by atoms with Crippen molar-refractivity contribution in [3.8, 4) is 22.4 Å². The van der Waals surface area contributed by atoms with Gasteiger partial charge in [-0.2, -0.15) is 5.10 Å². The van der Waals surface area contributed by atoms with E-state index in [1.54, 1.807) is 6.07 Å². The second-order valence-corrected chi connectivity index (χ2v) is 8.57. The van der Waals surface area contributed by atoms with Gasteiger partial charge in [-0.25, -0.2) is 0 Å². The van der Waals surface area contributed by atoms with Crippen LogP contribution in [-0.4, -0.2) is 20.7 Å². The molecule has 5 rings (SSSR count). The molecule has 1 unspecified atom stereocenters. The first-order valence-electron chi connectivity index (χ1n) is 9.11. The number of halogens is 2. The van der Waals surface area contributed by atoms with Crippen molar-refractivity contribution in [3.05, 3.63) is 69.8 Å². The molecule has 2 aromatic carbocycles. The Morgan fingerprint density at radius 1 is 1.04 bits per heavy atom. The predicted octanol–water partition coefficient (Wildman–Crippen LogP) is 5.41. The number of pyridine rings is 1. The van der Waals surface area contributed by atoms with Crippen LogP contribution in [0.4, 0.5) is 0 Å². The highest BCUT2D eigenvalue weighted by atomic mass is 35.5. The molecule has 1 aliphatic rings. The molecule has 0 saturated carbocycles. The number of nitrogens with one attached hydrogen (secondary N) is 1. The third-order valence-electron chi connectivity index (χ3n) is 5.34. The first-order valence-corrected chi connectivity index (χ1v) is 9.86. The molecule has 4 aromatic rings. The number of fused-ring (bicyclic) bond motifs is 2. The summed E-state index contributed by atoms with van der Waals surface area (Å²) in [6, 6.07) is 14.1. The van der Waals surface area contributed by atoms with Crippen molar-refractivity contribution in [2.75, 3.05) is 0 Å². The summed E-state index contributed by atoms with van der Waals surface area (Å²) in [5.74, 6) is 0. The average molecular weight is 409 g/mol. The maximum absolute atomic E-state index is 6.37. The lowest BCUT2D eigenvalue weighted by Crippen LogP contribution is -2.36. The van der Waals surface area contributed by atoms with Crippen molar-refractivity contribution in [1.82, 2.24) is 15.2 Å². The standard InChI is InChI=1S/C22H18Cl2N4/c1-22(25)9-13-6-5-12(7-14(13)10-22)15-8-18-21(26-11-15)20(28-27-18)16-3-2-4-17(23)19(16)24/h2-8,11H,9-10,25H2,1H3,(H,27,28). The van der Waals surface area contributed by atoms with E-state index >= 15 is 0 Å². The highest BCUT2D eigenvalue weighted by Gasteiger charge is 2.28. The molecule has 1 aliphatic carbocycles. The molecule has 0 fully saturated rings. The molecule has 1 atom stereocenters. The Labute approximate surface area is 172 Å². The van der Waals surface area contributed by atoms with Crippen LogP contribution in [0.5, 0.6) is 0 Å². The Morgan fingerprint density at radius 3 is 2.71 bits per heavy atom. The fourth-order valence-corrected chi connectivity index (χ4v) is 4.41. The second-order valence-electron chi connectivity index (χ2n) is 7.78. The number of benzene rings is 2. The van der Waals surface area contributed by atoms with E-state index in [2.05, 4.69) is 46.4 Å². The second kappa shape index (κ2) is 6.31. The largest absolute Gasteiger partial charge is 0.325 e. The van der Waals surface area contributed by atoms with Gasteiger partial charge in [0.2, 0.25) is 0 Å². The Kier molecular flexibility index (Phi) is 3.98. The lowest BCUT2D eigenvalue weighted by molar-refractivity contribution is 0.499. The molecule has 140 valence electrons. The molecule has 2 aromatic heterocycles. The van der Waals surface area contributed by atoms with Crippen molar-refractivity contribution in [2.45, 2.75) is 25.3 Å². The summed E-state index contributed by atoms with van der Waals surface area (Å²) in [5, 5.41) is 8.48. The minimum absolute atomic E-state index is 0.155. The van der Waals surface area contributed by atoms with Crippen LogP contribution in [0.25, 0.3) is 33.4 Å². The van der Waals surface area contributed by atoms with E-state index in [0.29, 0.717) is 15.7 Å². The molecule has 0 saturated heterocycles. The predicted molar refractivity (Wildman–Crippen MR) is 115 cm³/mol. The van der Waals surface area contributed by atoms with Gasteiger partial charge in [0.1, 0.15) is 11.2 Å². The van der Waals surface area contributed by atoms with Gasteiger partial charge in [0.05, 0.1) is 15.6 Å². The van der Waals surface area contributed by atoms with Gasteiger partial charge in [-0.05, 0) is 48.6 Å². The van der Waals surface area contributed by atoms with Crippen molar-refractivity contribution in [2.24, 2.45) is 5.73 Å². The Morgan fingerprint density at radius 2 is 1.86 bits per heavy atom. The summed E-state index contributed by atoms with van der Waals surface area (Å²) in [6.45, 7) is 2.10. The van der Waals surface area contributed by atoms with Crippen LogP contribution in [0.2, 0.25) is 10.0 Å². The highest BCUT2D eigenvalue weighted by molar-refractivity contribution is 6.43. The van der Waals surface area contributed by atoms with E-state index in [1.165, 1.54) is 11.1 Å². The van der Waals surface area contributed by atoms with Crippen molar-refractivity contribution in [3.63, 3.8) is 0 Å². The first kappa shape index (κ1) is 17.7. The van der Waals surface area contributed by atoms with Gasteiger partial charge < -0.3 is 5.73 Å². The maximum Gasteiger partial charge on any atom is 0.120 e. The number of nitrogens with two attached hydrogens (primary N) is 1. The zero-order chi connectivity index (χ0) is 19.5. The third kappa shape index (κ3) is 2.89. The van der Waals surface area contributed by atoms with Gasteiger partial charge in [-0.1, -0.05) is 53.5 Å². The van der Waals surface area contributed by atoms with E-state index in [-0.39, 0.29) is 5.54 Å². The molecule has 0 spiro atoms. The Balaban J connectivity index is 1.57. The molecule has 4 nitrogen and oxygen atoms in total. The summed E-state index contributed by atoms with van der Waals surface area (Å²) >= 11 is 12.5. The van der Waals surface area contributed by atoms with Crippen molar-refractivity contribution in [1.29, 1.82) is 0 Å². The molecule has 0 aliphatic heterocycles. The van der Waals surface area contributed by atoms with Crippen molar-refractivity contribution < 1.29 is 0 Å². The molecular weight excluding hydrogens is 391 g/mol. The number of hydrogen-bond donors (Lipinski definition) is 2. The van der Waals surface area contributed by atoms with Gasteiger partial charge in [0, 0.05) is 22.9 Å². The normalized spacial score (nSPS) is 18.6. The van der Waals surface area contributed by atoms with Crippen LogP contribution >= 0.6 is 23.2 Å². The summed E-state index contributed by atoms with van der Waals surface area (Å²) in [7, 11) is 0. The van der Waals surface area contributed by atoms with E-state index in [4.69, 9.17) is 28.9 Å². The van der Waals surface area contributed by atoms with Crippen LogP contribution < -0.4 is 5.73 Å². The quantitative estimate of drug-likeness (QED) is 0.465. The molecule has 6 heteroatoms. The lowest BCUT2D eigenvalue weighted by atomic mass is 10.0. The van der Waals surface area contributed by atoms with Gasteiger partial charge >= 0.3 is 0 Å². The molecule has 0 radical (unpaired) electrons. The number of nitrogens with zero attached hydrogens (tertiary/aromatic N) is 2. The fourth-order valence-electron chi connectivity index (χ4n) is 4.02. The third-order valence-corrected chi connectivity index (χ3v) is 6.15. The summed E-state index contributed by atoms with van der Waals surface area (Å²) < 4.78 is 0. The zero-order valence-electron chi connectivity index (χ0n) is 15.3. The van der Waals surface area contributed by atoms with Crippen LogP contribution in [-0.2, 0) is 12.8 Å². The molecule has 0 amide bonds. The van der Waals surface area contributed by atoms with Crippen LogP contribution in [0.15, 0.2) is 48.7 Å². The average Bonchev–Trinajstić information content (AvgIpc) is 3.21. The van der Waals surface area contributed by atoms with Crippen LogP contribution in [0, 0.1) is 0 Å². The van der Waals surface area contributed by atoms with E-state index in [9.17, 15) is 0 Å². The molecule has 2 heterocycles. The van der Waals surface area contributed by atoms with Gasteiger partial charge in [-0.3, -0.25) is 10.1 Å². The van der Waals surface area contributed by atoms with Gasteiger partial charge in [0.15, 0.2) is 0 Å². The summed E-state index contributed by atoms with van der Waals surface area (Å²) in [4.78, 5) is 4.67. The monoisotopic (exact) mass is 408 g/mol. The number of hydrogen-bond acceptors (Lipinski definition) is 3. The number of aromatic nitrogens is 3. The van der Waals surface area contributed by atoms with Crippen LogP contribution in [0.3, 0.4) is 0 Å². The van der Waals surface area contributed by atoms with Crippen LogP contribution in [0.1, 0.15) is 18.1 Å². The van der Waals surface area contributed by atoms with Gasteiger partial charge in [0.25, 0.3) is 0 Å². The maximum atomic E-state index is 6.37. The highest BCUT2D eigenvalue weighted by Crippen LogP contribution is 2.36. The van der Waals surface area contributed by atoms with E-state index < -0.39 is 0 Å². The lowest BCUT2D eigenvalue weighted by Gasteiger charge is -2.15. The molecule has 3 N–H and O–H groups in total. The number of aromatic amines is 1. The molecule has 0 bridgehead atoms. The summed E-state index contributed by atoms with van der Waals surface area (Å²) in [6.07, 6.45) is 3.69. The van der Waals surface area contributed by atoms with E-state index in [0.717, 1.165) is 40.6 Å². The smallest absolute Gasteiger partial charge is 0.120 e. The van der Waals surface area contributed by atoms with Crippen molar-refractivity contribution >= 4 is 34.2 Å². The fraction of sp³-hybridized carbons (Fsp3) is 0.182. The SMILES string of the molecule is CC1(N)Cc2ccc(-c3cnc4c(-c5cccc(Cl)c5Cl)n[nH]c4c3)cc2C1. The van der Waals surface area contributed by atoms with E-state index in [1.807, 2.05) is 18.3 Å². The Bertz CT molecular complexity index is 1230. The van der Waals surface area contributed by atoms with Gasteiger partial charge in [-0.15, -0.1) is 0 Å². The first-order chi connectivity index (χ1) is 13.4.